The van der Waals surface area contributed by atoms with Gasteiger partial charge < -0.3 is 20.5 Å². The van der Waals surface area contributed by atoms with E-state index in [4.69, 9.17) is 20.6 Å². The van der Waals surface area contributed by atoms with Gasteiger partial charge in [-0.2, -0.15) is 0 Å². The quantitative estimate of drug-likeness (QED) is 0.350. The Bertz CT molecular complexity index is 1200. The maximum absolute atomic E-state index is 13.0. The standard InChI is InChI=1S/C25H23FN4O4/c26-19-8-4-16(5-9-19)13-29-24(31)18-2-1-3-21(12-18)33-15-22-14-30(25(32)34-22)20-10-6-17(7-11-20)23(27)28/h1-12,22H,13-15H2,(H3,27,28)(H,29,31). The van der Waals surface area contributed by atoms with Crippen LogP contribution in [0.25, 0.3) is 0 Å². The zero-order valence-electron chi connectivity index (χ0n) is 18.2. The van der Waals surface area contributed by atoms with Crippen molar-refractivity contribution < 1.29 is 23.5 Å². The van der Waals surface area contributed by atoms with Crippen molar-refractivity contribution in [1.29, 1.82) is 5.41 Å². The van der Waals surface area contributed by atoms with Crippen LogP contribution in [-0.2, 0) is 11.3 Å². The average molecular weight is 462 g/mol. The first-order valence-corrected chi connectivity index (χ1v) is 10.6. The number of nitrogens with one attached hydrogen (secondary N) is 2. The number of benzene rings is 3. The van der Waals surface area contributed by atoms with E-state index in [1.54, 1.807) is 60.7 Å². The van der Waals surface area contributed by atoms with Crippen LogP contribution in [-0.4, -0.2) is 37.1 Å². The molecule has 174 valence electrons. The Morgan fingerprint density at radius 3 is 2.56 bits per heavy atom. The minimum atomic E-state index is -0.490. The first-order valence-electron chi connectivity index (χ1n) is 10.6. The van der Waals surface area contributed by atoms with Crippen molar-refractivity contribution in [2.45, 2.75) is 12.6 Å². The highest BCUT2D eigenvalue weighted by Crippen LogP contribution is 2.23. The number of carbonyl (C=O) groups is 2. The van der Waals surface area contributed by atoms with Crippen LogP contribution in [0.3, 0.4) is 0 Å². The average Bonchev–Trinajstić information content (AvgIpc) is 3.23. The molecule has 1 atom stereocenters. The Balaban J connectivity index is 1.31. The summed E-state index contributed by atoms with van der Waals surface area (Å²) in [7, 11) is 0. The van der Waals surface area contributed by atoms with Crippen molar-refractivity contribution >= 4 is 23.5 Å². The second-order valence-electron chi connectivity index (χ2n) is 7.72. The Hall–Kier alpha value is -4.40. The number of anilines is 1. The van der Waals surface area contributed by atoms with Crippen molar-refractivity contribution in [1.82, 2.24) is 5.32 Å². The lowest BCUT2D eigenvalue weighted by Crippen LogP contribution is -2.26. The number of hydrogen-bond donors (Lipinski definition) is 3. The van der Waals surface area contributed by atoms with Crippen LogP contribution in [0.5, 0.6) is 5.75 Å². The van der Waals surface area contributed by atoms with E-state index in [-0.39, 0.29) is 30.7 Å². The van der Waals surface area contributed by atoms with Crippen molar-refractivity contribution in [3.05, 3.63) is 95.3 Å². The third kappa shape index (κ3) is 5.50. The predicted octanol–water partition coefficient (Wildman–Crippen LogP) is 3.44. The molecule has 1 fully saturated rings. The number of ether oxygens (including phenoxy) is 2. The molecule has 9 heteroatoms. The molecule has 0 spiro atoms. The molecular weight excluding hydrogens is 439 g/mol. The Morgan fingerprint density at radius 2 is 1.85 bits per heavy atom. The molecule has 1 heterocycles. The number of cyclic esters (lactones) is 1. The topological polar surface area (TPSA) is 118 Å². The number of nitrogens with two attached hydrogens (primary N) is 1. The fourth-order valence-corrected chi connectivity index (χ4v) is 3.44. The van der Waals surface area contributed by atoms with E-state index in [0.29, 0.717) is 29.1 Å². The first kappa shape index (κ1) is 22.8. The first-order chi connectivity index (χ1) is 16.4. The van der Waals surface area contributed by atoms with E-state index in [0.717, 1.165) is 5.56 Å². The van der Waals surface area contributed by atoms with Crippen LogP contribution in [0, 0.1) is 11.2 Å². The molecule has 0 aromatic heterocycles. The zero-order valence-corrected chi connectivity index (χ0v) is 18.2. The van der Waals surface area contributed by atoms with Gasteiger partial charge in [-0.15, -0.1) is 0 Å². The SMILES string of the molecule is N=C(N)c1ccc(N2CC(COc3cccc(C(=O)NCc4ccc(F)cc4)c3)OC2=O)cc1. The Kier molecular flexibility index (Phi) is 6.72. The third-order valence-electron chi connectivity index (χ3n) is 5.26. The molecule has 8 nitrogen and oxygen atoms in total. The summed E-state index contributed by atoms with van der Waals surface area (Å²) < 4.78 is 24.2. The number of amides is 2. The van der Waals surface area contributed by atoms with Crippen LogP contribution >= 0.6 is 0 Å². The summed E-state index contributed by atoms with van der Waals surface area (Å²) in [5.41, 5.74) is 7.86. The molecule has 1 unspecified atom stereocenters. The number of hydrogen-bond acceptors (Lipinski definition) is 5. The van der Waals surface area contributed by atoms with Crippen LogP contribution in [0.4, 0.5) is 14.9 Å². The molecule has 0 saturated carbocycles. The summed E-state index contributed by atoms with van der Waals surface area (Å²) in [5, 5.41) is 10.2. The molecule has 1 saturated heterocycles. The summed E-state index contributed by atoms with van der Waals surface area (Å²) in [6, 6.07) is 19.3. The normalized spacial score (nSPS) is 15.0. The van der Waals surface area contributed by atoms with Gasteiger partial charge in [0, 0.05) is 23.4 Å². The highest BCUT2D eigenvalue weighted by Gasteiger charge is 2.32. The maximum atomic E-state index is 13.0. The van der Waals surface area contributed by atoms with Crippen LogP contribution in [0.2, 0.25) is 0 Å². The second kappa shape index (κ2) is 10.0. The monoisotopic (exact) mass is 462 g/mol. The van der Waals surface area contributed by atoms with Gasteiger partial charge in [-0.1, -0.05) is 18.2 Å². The summed E-state index contributed by atoms with van der Waals surface area (Å²) >= 11 is 0. The molecule has 0 radical (unpaired) electrons. The fourth-order valence-electron chi connectivity index (χ4n) is 3.44. The zero-order chi connectivity index (χ0) is 24.1. The molecule has 2 amide bonds. The van der Waals surface area contributed by atoms with E-state index in [9.17, 15) is 14.0 Å². The molecule has 1 aliphatic rings. The van der Waals surface area contributed by atoms with Crippen molar-refractivity contribution in [3.63, 3.8) is 0 Å². The number of halogens is 1. The fraction of sp³-hybridized carbons (Fsp3) is 0.160. The molecular formula is C25H23FN4O4. The van der Waals surface area contributed by atoms with Gasteiger partial charge in [0.15, 0.2) is 6.10 Å². The van der Waals surface area contributed by atoms with Crippen molar-refractivity contribution in [3.8, 4) is 5.75 Å². The summed E-state index contributed by atoms with van der Waals surface area (Å²) in [6.45, 7) is 0.690. The highest BCUT2D eigenvalue weighted by molar-refractivity contribution is 5.96. The van der Waals surface area contributed by atoms with E-state index in [1.807, 2.05) is 0 Å². The molecule has 3 aromatic carbocycles. The maximum Gasteiger partial charge on any atom is 0.414 e. The summed E-state index contributed by atoms with van der Waals surface area (Å²) in [4.78, 5) is 26.2. The van der Waals surface area contributed by atoms with E-state index in [2.05, 4.69) is 5.32 Å². The smallest absolute Gasteiger partial charge is 0.414 e. The summed E-state index contributed by atoms with van der Waals surface area (Å²) in [5.74, 6) is -0.202. The van der Waals surface area contributed by atoms with Gasteiger partial charge in [0.1, 0.15) is 24.0 Å². The van der Waals surface area contributed by atoms with Crippen molar-refractivity contribution in [2.75, 3.05) is 18.1 Å². The molecule has 3 aromatic rings. The van der Waals surface area contributed by atoms with Crippen molar-refractivity contribution in [2.24, 2.45) is 5.73 Å². The number of amidine groups is 1. The molecule has 0 aliphatic carbocycles. The van der Waals surface area contributed by atoms with Crippen LogP contribution in [0.1, 0.15) is 21.5 Å². The van der Waals surface area contributed by atoms with E-state index in [1.165, 1.54) is 17.0 Å². The van der Waals surface area contributed by atoms with Gasteiger partial charge in [0.25, 0.3) is 5.91 Å². The lowest BCUT2D eigenvalue weighted by Gasteiger charge is -2.14. The van der Waals surface area contributed by atoms with Gasteiger partial charge in [0.2, 0.25) is 0 Å². The lowest BCUT2D eigenvalue weighted by molar-refractivity contribution is 0.0950. The van der Waals surface area contributed by atoms with Gasteiger partial charge >= 0.3 is 6.09 Å². The number of carbonyl (C=O) groups excluding carboxylic acids is 2. The largest absolute Gasteiger partial charge is 0.490 e. The molecule has 34 heavy (non-hydrogen) atoms. The third-order valence-corrected chi connectivity index (χ3v) is 5.26. The molecule has 4 N–H and O–H groups in total. The van der Waals surface area contributed by atoms with E-state index < -0.39 is 12.2 Å². The Labute approximate surface area is 195 Å². The van der Waals surface area contributed by atoms with Gasteiger partial charge in [-0.05, 0) is 60.2 Å². The summed E-state index contributed by atoms with van der Waals surface area (Å²) in [6.07, 6.45) is -0.978. The number of nitrogens with zero attached hydrogens (tertiary/aromatic N) is 1. The molecule has 1 aliphatic heterocycles. The molecule has 0 bridgehead atoms. The van der Waals surface area contributed by atoms with Crippen LogP contribution < -0.4 is 20.7 Å². The van der Waals surface area contributed by atoms with Gasteiger partial charge in [-0.3, -0.25) is 15.1 Å². The number of nitrogen functional groups attached to an aromatic ring is 1. The highest BCUT2D eigenvalue weighted by atomic mass is 19.1. The van der Waals surface area contributed by atoms with Gasteiger partial charge in [0.05, 0.1) is 6.54 Å². The van der Waals surface area contributed by atoms with Crippen LogP contribution in [0.15, 0.2) is 72.8 Å². The minimum Gasteiger partial charge on any atom is -0.490 e. The van der Waals surface area contributed by atoms with Gasteiger partial charge in [-0.25, -0.2) is 9.18 Å². The van der Waals surface area contributed by atoms with E-state index >= 15 is 0 Å². The second-order valence-corrected chi connectivity index (χ2v) is 7.72. The molecule has 4 rings (SSSR count). The minimum absolute atomic E-state index is 0.0480. The lowest BCUT2D eigenvalue weighted by atomic mass is 10.2. The predicted molar refractivity (Wildman–Crippen MR) is 125 cm³/mol. The number of rotatable bonds is 8. The Morgan fingerprint density at radius 1 is 1.12 bits per heavy atom.